The lowest BCUT2D eigenvalue weighted by atomic mass is 10.1. The van der Waals surface area contributed by atoms with Crippen LogP contribution in [0, 0.1) is 17.2 Å². The summed E-state index contributed by atoms with van der Waals surface area (Å²) in [4.78, 5) is 0. The first kappa shape index (κ1) is 11.3. The van der Waals surface area contributed by atoms with E-state index in [0.29, 0.717) is 0 Å². The van der Waals surface area contributed by atoms with Crippen LogP contribution in [0.2, 0.25) is 0 Å². The molecule has 0 fully saturated rings. The molecule has 1 nitrogen and oxygen atoms in total. The minimum Gasteiger partial charge on any atom is -0.198 e. The number of hydrogen-bond donors (Lipinski definition) is 0. The molecule has 0 spiro atoms. The van der Waals surface area contributed by atoms with Gasteiger partial charge in [0.25, 0.3) is 0 Å². The zero-order valence-electron chi connectivity index (χ0n) is 6.94. The van der Waals surface area contributed by atoms with E-state index in [1.807, 2.05) is 20.8 Å². The summed E-state index contributed by atoms with van der Waals surface area (Å²) in [5.41, 5.74) is 0. The van der Waals surface area contributed by atoms with Gasteiger partial charge in [0.05, 0.1) is 6.07 Å². The van der Waals surface area contributed by atoms with E-state index >= 15 is 0 Å². The topological polar surface area (TPSA) is 23.8 Å². The van der Waals surface area contributed by atoms with Gasteiger partial charge in [0.15, 0.2) is 0 Å². The second-order valence-electron chi connectivity index (χ2n) is 1.82. The third kappa shape index (κ3) is 11.2. The minimum atomic E-state index is 0.255. The monoisotopic (exact) mass is 127 g/mol. The lowest BCUT2D eigenvalue weighted by Gasteiger charge is -1.92. The van der Waals surface area contributed by atoms with E-state index < -0.39 is 0 Å². The highest BCUT2D eigenvalue weighted by molar-refractivity contribution is 4.77. The van der Waals surface area contributed by atoms with Crippen LogP contribution in [0.1, 0.15) is 40.5 Å². The van der Waals surface area contributed by atoms with Gasteiger partial charge in [-0.15, -0.1) is 0 Å². The van der Waals surface area contributed by atoms with Gasteiger partial charge in [0.2, 0.25) is 0 Å². The molecule has 0 N–H and O–H groups in total. The van der Waals surface area contributed by atoms with Gasteiger partial charge in [-0.2, -0.15) is 5.26 Å². The van der Waals surface area contributed by atoms with Crippen molar-refractivity contribution in [3.63, 3.8) is 0 Å². The van der Waals surface area contributed by atoms with Gasteiger partial charge < -0.3 is 0 Å². The second-order valence-corrected chi connectivity index (χ2v) is 1.82. The molecule has 0 amide bonds. The van der Waals surface area contributed by atoms with Crippen molar-refractivity contribution in [2.24, 2.45) is 5.92 Å². The number of nitriles is 1. The maximum Gasteiger partial charge on any atom is 0.0652 e. The van der Waals surface area contributed by atoms with E-state index in [1.165, 1.54) is 0 Å². The Bertz CT molecular complexity index is 71.1. The highest BCUT2D eigenvalue weighted by Gasteiger charge is 1.92. The predicted molar refractivity (Wildman–Crippen MR) is 41.0 cm³/mol. The zero-order chi connectivity index (χ0) is 7.70. The van der Waals surface area contributed by atoms with Gasteiger partial charge in [-0.1, -0.05) is 27.2 Å². The van der Waals surface area contributed by atoms with Crippen LogP contribution in [-0.4, -0.2) is 0 Å². The summed E-state index contributed by atoms with van der Waals surface area (Å²) < 4.78 is 0. The summed E-state index contributed by atoms with van der Waals surface area (Å²) in [6.07, 6.45) is 2.16. The fraction of sp³-hybridized carbons (Fsp3) is 0.875. The van der Waals surface area contributed by atoms with Crippen LogP contribution in [-0.2, 0) is 0 Å². The quantitative estimate of drug-likeness (QED) is 0.559. The molecule has 1 atom stereocenters. The molecule has 0 radical (unpaired) electrons. The molecule has 0 aromatic rings. The molecular weight excluding hydrogens is 110 g/mol. The van der Waals surface area contributed by atoms with E-state index in [4.69, 9.17) is 5.26 Å². The van der Waals surface area contributed by atoms with Gasteiger partial charge in [-0.25, -0.2) is 0 Å². The van der Waals surface area contributed by atoms with Crippen molar-refractivity contribution >= 4 is 0 Å². The highest BCUT2D eigenvalue weighted by Crippen LogP contribution is 2.00. The molecular formula is C8H17N. The zero-order valence-corrected chi connectivity index (χ0v) is 6.94. The van der Waals surface area contributed by atoms with Crippen molar-refractivity contribution in [2.45, 2.75) is 40.5 Å². The third-order valence-corrected chi connectivity index (χ3v) is 0.942. The summed E-state index contributed by atoms with van der Waals surface area (Å²) in [6.45, 7) is 8.04. The van der Waals surface area contributed by atoms with Crippen LogP contribution in [0.4, 0.5) is 0 Å². The minimum absolute atomic E-state index is 0.255. The standard InChI is InChI=1S/C6H11N.C2H6/c1-3-4-6(2)5-7;1-2/h6H,3-4H2,1-2H3;1-2H3. The normalized spacial score (nSPS) is 10.6. The fourth-order valence-electron chi connectivity index (χ4n) is 0.498. The Labute approximate surface area is 58.7 Å². The van der Waals surface area contributed by atoms with Crippen molar-refractivity contribution in [1.82, 2.24) is 0 Å². The average molecular weight is 127 g/mol. The summed E-state index contributed by atoms with van der Waals surface area (Å²) in [5.74, 6) is 0.255. The Morgan fingerprint density at radius 1 is 1.44 bits per heavy atom. The second kappa shape index (κ2) is 10.5. The number of rotatable bonds is 2. The van der Waals surface area contributed by atoms with Crippen LogP contribution < -0.4 is 0 Å². The summed E-state index contributed by atoms with van der Waals surface area (Å²) in [7, 11) is 0. The Balaban J connectivity index is 0. The van der Waals surface area contributed by atoms with Crippen LogP contribution in [0.25, 0.3) is 0 Å². The Hall–Kier alpha value is -0.510. The molecule has 9 heavy (non-hydrogen) atoms. The van der Waals surface area contributed by atoms with E-state index in [0.717, 1.165) is 12.8 Å². The average Bonchev–Trinajstić information content (AvgIpc) is 1.93. The molecule has 0 aromatic heterocycles. The smallest absolute Gasteiger partial charge is 0.0652 e. The molecule has 54 valence electrons. The lowest BCUT2D eigenvalue weighted by Crippen LogP contribution is -1.85. The van der Waals surface area contributed by atoms with Gasteiger partial charge in [-0.3, -0.25) is 0 Å². The molecule has 0 aliphatic heterocycles. The Morgan fingerprint density at radius 2 is 1.89 bits per heavy atom. The van der Waals surface area contributed by atoms with Crippen molar-refractivity contribution in [1.29, 1.82) is 5.26 Å². The van der Waals surface area contributed by atoms with Gasteiger partial charge >= 0.3 is 0 Å². The summed E-state index contributed by atoms with van der Waals surface area (Å²) in [6, 6.07) is 2.17. The number of nitrogens with zero attached hydrogens (tertiary/aromatic N) is 1. The molecule has 0 saturated heterocycles. The Morgan fingerprint density at radius 3 is 2.00 bits per heavy atom. The molecule has 0 aromatic carbocycles. The van der Waals surface area contributed by atoms with E-state index in [9.17, 15) is 0 Å². The largest absolute Gasteiger partial charge is 0.198 e. The number of hydrogen-bond acceptors (Lipinski definition) is 1. The SMILES string of the molecule is CC.CCCC(C)C#N. The first-order chi connectivity index (χ1) is 4.31. The maximum atomic E-state index is 8.22. The predicted octanol–water partition coefficient (Wildman–Crippen LogP) is 2.97. The first-order valence-electron chi connectivity index (χ1n) is 3.70. The molecule has 0 aliphatic rings. The van der Waals surface area contributed by atoms with Gasteiger partial charge in [-0.05, 0) is 13.3 Å². The third-order valence-electron chi connectivity index (χ3n) is 0.942. The van der Waals surface area contributed by atoms with Crippen molar-refractivity contribution < 1.29 is 0 Å². The maximum absolute atomic E-state index is 8.22. The van der Waals surface area contributed by atoms with Crippen molar-refractivity contribution in [3.8, 4) is 6.07 Å². The summed E-state index contributed by atoms with van der Waals surface area (Å²) >= 11 is 0. The molecule has 0 saturated carbocycles. The molecule has 1 unspecified atom stereocenters. The molecule has 1 heteroatoms. The van der Waals surface area contributed by atoms with Crippen LogP contribution in [0.3, 0.4) is 0 Å². The van der Waals surface area contributed by atoms with E-state index in [2.05, 4.69) is 13.0 Å². The highest BCUT2D eigenvalue weighted by atomic mass is 14.2. The van der Waals surface area contributed by atoms with Crippen LogP contribution >= 0.6 is 0 Å². The Kier molecular flexibility index (Phi) is 13.2. The lowest BCUT2D eigenvalue weighted by molar-refractivity contribution is 0.646. The van der Waals surface area contributed by atoms with Crippen molar-refractivity contribution in [2.75, 3.05) is 0 Å². The fourth-order valence-corrected chi connectivity index (χ4v) is 0.498. The molecule has 0 bridgehead atoms. The van der Waals surface area contributed by atoms with E-state index in [-0.39, 0.29) is 5.92 Å². The van der Waals surface area contributed by atoms with Gasteiger partial charge in [0, 0.05) is 5.92 Å². The van der Waals surface area contributed by atoms with E-state index in [1.54, 1.807) is 0 Å². The van der Waals surface area contributed by atoms with Crippen molar-refractivity contribution in [3.05, 3.63) is 0 Å². The molecule has 0 heterocycles. The molecule has 0 rings (SSSR count). The summed E-state index contributed by atoms with van der Waals surface area (Å²) in [5, 5.41) is 8.22. The molecule has 0 aliphatic carbocycles. The first-order valence-corrected chi connectivity index (χ1v) is 3.70. The van der Waals surface area contributed by atoms with Crippen LogP contribution in [0.15, 0.2) is 0 Å². The van der Waals surface area contributed by atoms with Crippen LogP contribution in [0.5, 0.6) is 0 Å². The van der Waals surface area contributed by atoms with Gasteiger partial charge in [0.1, 0.15) is 0 Å².